The zero-order chi connectivity index (χ0) is 15.3. The van der Waals surface area contributed by atoms with Crippen LogP contribution >= 0.6 is 0 Å². The Kier molecular flexibility index (Phi) is 2.66. The molecule has 2 unspecified atom stereocenters. The summed E-state index contributed by atoms with van der Waals surface area (Å²) in [4.78, 5) is 12.7. The number of aliphatic hydroxyl groups is 1. The molecule has 2 aliphatic heterocycles. The number of aliphatic hydroxyl groups excluding tert-OH is 1. The lowest BCUT2D eigenvalue weighted by molar-refractivity contribution is -0.121. The van der Waals surface area contributed by atoms with E-state index < -0.39 is 12.0 Å². The van der Waals surface area contributed by atoms with Crippen molar-refractivity contribution in [3.05, 3.63) is 59.4 Å². The van der Waals surface area contributed by atoms with Crippen molar-refractivity contribution in [2.75, 3.05) is 6.79 Å². The summed E-state index contributed by atoms with van der Waals surface area (Å²) in [5.41, 5.74) is 0.946. The summed E-state index contributed by atoms with van der Waals surface area (Å²) in [5.74, 6) is -0.585. The Labute approximate surface area is 125 Å². The van der Waals surface area contributed by atoms with Crippen molar-refractivity contribution in [2.24, 2.45) is 5.92 Å². The second kappa shape index (κ2) is 4.56. The molecular weight excluding hydrogens is 288 g/mol. The number of benzene rings is 1. The number of ether oxygens (including phenoxy) is 3. The van der Waals surface area contributed by atoms with Gasteiger partial charge in [0.15, 0.2) is 17.3 Å². The van der Waals surface area contributed by atoms with Gasteiger partial charge in [-0.15, -0.1) is 0 Å². The third-order valence-electron chi connectivity index (χ3n) is 3.88. The number of carbonyl (C=O) groups excluding carboxylic acids is 1. The van der Waals surface area contributed by atoms with Crippen molar-refractivity contribution in [1.29, 1.82) is 0 Å². The van der Waals surface area contributed by atoms with E-state index in [2.05, 4.69) is 0 Å². The van der Waals surface area contributed by atoms with Crippen LogP contribution < -0.4 is 0 Å². The Morgan fingerprint density at radius 2 is 1.86 bits per heavy atom. The number of aromatic hydroxyl groups is 1. The molecule has 0 bridgehead atoms. The number of phenols is 1. The van der Waals surface area contributed by atoms with Gasteiger partial charge < -0.3 is 24.4 Å². The summed E-state index contributed by atoms with van der Waals surface area (Å²) in [5, 5.41) is 19.7. The van der Waals surface area contributed by atoms with Crippen LogP contribution in [0.15, 0.2) is 53.9 Å². The van der Waals surface area contributed by atoms with Crippen LogP contribution in [0.5, 0.6) is 5.75 Å². The molecule has 4 rings (SSSR count). The van der Waals surface area contributed by atoms with Gasteiger partial charge in [-0.3, -0.25) is 4.79 Å². The lowest BCUT2D eigenvalue weighted by Crippen LogP contribution is -2.37. The number of hydrogen-bond donors (Lipinski definition) is 2. The van der Waals surface area contributed by atoms with E-state index in [1.54, 1.807) is 18.2 Å². The minimum atomic E-state index is -0.853. The Morgan fingerprint density at radius 3 is 2.64 bits per heavy atom. The summed E-state index contributed by atoms with van der Waals surface area (Å²) < 4.78 is 16.0. The van der Waals surface area contributed by atoms with Crippen LogP contribution in [0, 0.1) is 5.92 Å². The SMILES string of the molecule is O=C1C(c2ccc(O)cc2)=COC2C=C3OCOC3=C(O)C12. The highest BCUT2D eigenvalue weighted by Crippen LogP contribution is 2.40. The number of Topliss-reactive ketones (excluding diaryl/α,β-unsaturated/α-hetero) is 1. The Bertz CT molecular complexity index is 740. The van der Waals surface area contributed by atoms with E-state index in [1.165, 1.54) is 18.4 Å². The van der Waals surface area contributed by atoms with Gasteiger partial charge in [-0.05, 0) is 17.7 Å². The average Bonchev–Trinajstić information content (AvgIpc) is 2.97. The summed E-state index contributed by atoms with van der Waals surface area (Å²) >= 11 is 0. The highest BCUT2D eigenvalue weighted by molar-refractivity contribution is 6.23. The van der Waals surface area contributed by atoms with Crippen molar-refractivity contribution in [3.63, 3.8) is 0 Å². The molecule has 0 saturated carbocycles. The van der Waals surface area contributed by atoms with E-state index in [9.17, 15) is 15.0 Å². The molecule has 0 aromatic heterocycles. The average molecular weight is 300 g/mol. The fourth-order valence-electron chi connectivity index (χ4n) is 2.77. The third kappa shape index (κ3) is 1.77. The van der Waals surface area contributed by atoms with E-state index in [0.29, 0.717) is 16.9 Å². The zero-order valence-corrected chi connectivity index (χ0v) is 11.4. The van der Waals surface area contributed by atoms with Gasteiger partial charge in [0.2, 0.25) is 12.6 Å². The van der Waals surface area contributed by atoms with Gasteiger partial charge in [0, 0.05) is 6.08 Å². The number of carbonyl (C=O) groups is 1. The number of fused-ring (bicyclic) bond motifs is 2. The maximum atomic E-state index is 12.7. The van der Waals surface area contributed by atoms with Gasteiger partial charge in [-0.1, -0.05) is 12.1 Å². The first-order valence-electron chi connectivity index (χ1n) is 6.75. The molecule has 22 heavy (non-hydrogen) atoms. The minimum Gasteiger partial charge on any atom is -0.508 e. The predicted molar refractivity (Wildman–Crippen MR) is 74.2 cm³/mol. The first-order chi connectivity index (χ1) is 10.6. The number of rotatable bonds is 1. The van der Waals surface area contributed by atoms with E-state index in [-0.39, 0.29) is 29.8 Å². The summed E-state index contributed by atoms with van der Waals surface area (Å²) in [6.45, 7) is 0.0110. The van der Waals surface area contributed by atoms with Crippen molar-refractivity contribution < 1.29 is 29.2 Å². The van der Waals surface area contributed by atoms with E-state index in [0.717, 1.165) is 0 Å². The van der Waals surface area contributed by atoms with E-state index in [4.69, 9.17) is 14.2 Å². The molecule has 6 nitrogen and oxygen atoms in total. The van der Waals surface area contributed by atoms with Crippen LogP contribution in [0.4, 0.5) is 0 Å². The van der Waals surface area contributed by atoms with Gasteiger partial charge in [0.1, 0.15) is 17.8 Å². The van der Waals surface area contributed by atoms with Crippen molar-refractivity contribution in [1.82, 2.24) is 0 Å². The summed E-state index contributed by atoms with van der Waals surface area (Å²) in [6.07, 6.45) is 2.39. The molecule has 0 radical (unpaired) electrons. The molecule has 2 heterocycles. The second-order valence-corrected chi connectivity index (χ2v) is 5.17. The lowest BCUT2D eigenvalue weighted by atomic mass is 9.83. The maximum Gasteiger partial charge on any atom is 0.231 e. The van der Waals surface area contributed by atoms with E-state index >= 15 is 0 Å². The normalized spacial score (nSPS) is 26.1. The van der Waals surface area contributed by atoms with Gasteiger partial charge in [-0.2, -0.15) is 0 Å². The first kappa shape index (κ1) is 12.8. The molecule has 2 atom stereocenters. The van der Waals surface area contributed by atoms with Crippen LogP contribution in [0.25, 0.3) is 5.57 Å². The molecule has 0 amide bonds. The van der Waals surface area contributed by atoms with Crippen molar-refractivity contribution in [3.8, 4) is 5.75 Å². The monoisotopic (exact) mass is 300 g/mol. The fraction of sp³-hybridized carbons (Fsp3) is 0.188. The highest BCUT2D eigenvalue weighted by atomic mass is 16.7. The largest absolute Gasteiger partial charge is 0.508 e. The molecule has 0 spiro atoms. The molecule has 1 aliphatic carbocycles. The summed E-state index contributed by atoms with van der Waals surface area (Å²) in [7, 11) is 0. The molecule has 6 heteroatoms. The molecule has 1 aromatic carbocycles. The minimum absolute atomic E-state index is 0.0110. The van der Waals surface area contributed by atoms with Gasteiger partial charge >= 0.3 is 0 Å². The maximum absolute atomic E-state index is 12.7. The zero-order valence-electron chi connectivity index (χ0n) is 11.4. The highest BCUT2D eigenvalue weighted by Gasteiger charge is 2.45. The molecule has 1 saturated heterocycles. The number of ketones is 1. The van der Waals surface area contributed by atoms with E-state index in [1.807, 2.05) is 0 Å². The van der Waals surface area contributed by atoms with Gasteiger partial charge in [0.05, 0.1) is 11.8 Å². The first-order valence-corrected chi connectivity index (χ1v) is 6.75. The Hall–Kier alpha value is -2.89. The van der Waals surface area contributed by atoms with Crippen LogP contribution in [-0.4, -0.2) is 28.9 Å². The molecule has 1 fully saturated rings. The number of phenolic OH excluding ortho intramolecular Hbond substituents is 1. The van der Waals surface area contributed by atoms with Crippen molar-refractivity contribution >= 4 is 11.4 Å². The van der Waals surface area contributed by atoms with Crippen molar-refractivity contribution in [2.45, 2.75) is 6.10 Å². The Balaban J connectivity index is 1.74. The molecular formula is C16H12O6. The quantitative estimate of drug-likeness (QED) is 0.825. The molecule has 112 valence electrons. The van der Waals surface area contributed by atoms with Crippen LogP contribution in [0.1, 0.15) is 5.56 Å². The summed E-state index contributed by atoms with van der Waals surface area (Å²) in [6, 6.07) is 6.21. The van der Waals surface area contributed by atoms with Crippen LogP contribution in [0.3, 0.4) is 0 Å². The third-order valence-corrected chi connectivity index (χ3v) is 3.88. The predicted octanol–water partition coefficient (Wildman–Crippen LogP) is 1.99. The molecule has 2 N–H and O–H groups in total. The molecule has 1 aromatic rings. The Morgan fingerprint density at radius 1 is 1.09 bits per heavy atom. The van der Waals surface area contributed by atoms with Crippen LogP contribution in [0.2, 0.25) is 0 Å². The second-order valence-electron chi connectivity index (χ2n) is 5.17. The topological polar surface area (TPSA) is 85.2 Å². The van der Waals surface area contributed by atoms with Gasteiger partial charge in [-0.25, -0.2) is 0 Å². The lowest BCUT2D eigenvalue weighted by Gasteiger charge is -2.30. The standard InChI is InChI=1S/C16H12O6/c17-9-3-1-8(2-4-9)10-6-20-11-5-12-16(22-7-21-12)15(19)13(11)14(10)18/h1-6,11,13,17,19H,7H2. The smallest absolute Gasteiger partial charge is 0.231 e. The van der Waals surface area contributed by atoms with Crippen LogP contribution in [-0.2, 0) is 19.0 Å². The molecule has 3 aliphatic rings. The fourth-order valence-corrected chi connectivity index (χ4v) is 2.77. The van der Waals surface area contributed by atoms with Gasteiger partial charge in [0.25, 0.3) is 0 Å². The number of hydrogen-bond acceptors (Lipinski definition) is 6. The number of allylic oxidation sites excluding steroid dienone is 1.